The summed E-state index contributed by atoms with van der Waals surface area (Å²) in [6.45, 7) is 5.77. The number of anilines is 2. The highest BCUT2D eigenvalue weighted by atomic mass is 32.2. The number of nitriles is 1. The molecule has 0 radical (unpaired) electrons. The van der Waals surface area contributed by atoms with Crippen molar-refractivity contribution in [1.29, 1.82) is 5.26 Å². The third-order valence-electron chi connectivity index (χ3n) is 7.34. The van der Waals surface area contributed by atoms with E-state index in [0.29, 0.717) is 17.5 Å². The molecule has 1 unspecified atom stereocenters. The lowest BCUT2D eigenvalue weighted by molar-refractivity contribution is -0.137. The highest BCUT2D eigenvalue weighted by Gasteiger charge is 2.59. The molecular weight excluding hydrogens is 675 g/mol. The Labute approximate surface area is 280 Å². The van der Waals surface area contributed by atoms with E-state index in [1.807, 2.05) is 6.92 Å². The van der Waals surface area contributed by atoms with Crippen molar-refractivity contribution in [1.82, 2.24) is 0 Å². The number of benzene rings is 3. The van der Waals surface area contributed by atoms with Gasteiger partial charge in [0.05, 0.1) is 60.8 Å². The summed E-state index contributed by atoms with van der Waals surface area (Å²) in [7, 11) is -3.86. The van der Waals surface area contributed by atoms with Crippen LogP contribution < -0.4 is 14.5 Å². The SMILES string of the molecule is Cc1ccc(S(=O)(=O)OCCOCCOCCOc2ccc(N3C([S+]=O)N(c4ccc(C#N)c(C(F)(F)F)c4)C(=O)C3(C)C)cc2)cc1. The summed E-state index contributed by atoms with van der Waals surface area (Å²) < 4.78 is 99.0. The Morgan fingerprint density at radius 1 is 0.896 bits per heavy atom. The van der Waals surface area contributed by atoms with Crippen LogP contribution in [-0.2, 0) is 50.6 Å². The molecule has 1 fully saturated rings. The predicted octanol–water partition coefficient (Wildman–Crippen LogP) is 5.05. The van der Waals surface area contributed by atoms with Gasteiger partial charge in [0.1, 0.15) is 17.9 Å². The van der Waals surface area contributed by atoms with Crippen molar-refractivity contribution in [3.63, 3.8) is 0 Å². The van der Waals surface area contributed by atoms with Crippen molar-refractivity contribution in [3.05, 3.63) is 83.4 Å². The van der Waals surface area contributed by atoms with Crippen molar-refractivity contribution >= 4 is 39.1 Å². The Kier molecular flexibility index (Phi) is 11.8. The maximum atomic E-state index is 13.6. The van der Waals surface area contributed by atoms with Gasteiger partial charge in [0.2, 0.25) is 0 Å². The number of rotatable bonds is 15. The van der Waals surface area contributed by atoms with Crippen LogP contribution in [0.4, 0.5) is 24.5 Å². The fraction of sp³-hybridized carbons (Fsp3) is 0.375. The van der Waals surface area contributed by atoms with E-state index in [1.165, 1.54) is 29.2 Å². The first-order valence-electron chi connectivity index (χ1n) is 14.6. The second kappa shape index (κ2) is 15.4. The standard InChI is InChI=1S/C32H33F3N3O8S2/c1-22-4-12-27(13-5-22)48(41,42)46-19-17-44-15-14-43-16-18-45-26-10-8-24(9-11-26)38-30(47-40)37(29(39)31(38,2)3)25-7-6-23(21-36)28(20-25)32(33,34)35/h4-13,20,30H,14-19H2,1-3H3/q+1. The molecule has 0 bridgehead atoms. The average Bonchev–Trinajstić information content (AvgIpc) is 3.25. The molecule has 4 rings (SSSR count). The molecule has 1 aliphatic rings. The van der Waals surface area contributed by atoms with Gasteiger partial charge in [0.15, 0.2) is 0 Å². The first-order valence-corrected chi connectivity index (χ1v) is 16.8. The summed E-state index contributed by atoms with van der Waals surface area (Å²) in [4.78, 5) is 16.1. The molecule has 48 heavy (non-hydrogen) atoms. The summed E-state index contributed by atoms with van der Waals surface area (Å²) >= 11 is 0.0427. The molecule has 3 aromatic rings. The molecule has 0 saturated carbocycles. The Bertz CT molecular complexity index is 1750. The number of halogens is 3. The molecule has 11 nitrogen and oxygen atoms in total. The first kappa shape index (κ1) is 36.7. The highest BCUT2D eigenvalue weighted by molar-refractivity contribution is 7.86. The molecule has 0 N–H and O–H groups in total. The number of nitrogens with zero attached hydrogens (tertiary/aromatic N) is 3. The van der Waals surface area contributed by atoms with Crippen LogP contribution >= 0.6 is 0 Å². The molecule has 0 aliphatic carbocycles. The van der Waals surface area contributed by atoms with Crippen LogP contribution in [-0.4, -0.2) is 65.0 Å². The second-order valence-corrected chi connectivity index (χ2v) is 13.3. The van der Waals surface area contributed by atoms with Crippen molar-refractivity contribution in [2.75, 3.05) is 49.4 Å². The Morgan fingerprint density at radius 3 is 2.06 bits per heavy atom. The Hall–Kier alpha value is -4.14. The number of ether oxygens (including phenoxy) is 3. The van der Waals surface area contributed by atoms with E-state index in [0.717, 1.165) is 16.5 Å². The van der Waals surface area contributed by atoms with Crippen LogP contribution in [0.2, 0.25) is 0 Å². The number of hydrogen-bond acceptors (Lipinski definition) is 10. The quantitative estimate of drug-likeness (QED) is 0.120. The monoisotopic (exact) mass is 708 g/mol. The van der Waals surface area contributed by atoms with Crippen LogP contribution in [0.1, 0.15) is 30.5 Å². The van der Waals surface area contributed by atoms with Gasteiger partial charge < -0.3 is 14.2 Å². The van der Waals surface area contributed by atoms with Crippen molar-refractivity contribution in [3.8, 4) is 11.8 Å². The minimum absolute atomic E-state index is 0.0427. The molecule has 0 aromatic heterocycles. The van der Waals surface area contributed by atoms with Gasteiger partial charge in [0.25, 0.3) is 16.0 Å². The van der Waals surface area contributed by atoms with E-state index in [4.69, 9.17) is 23.7 Å². The van der Waals surface area contributed by atoms with Crippen molar-refractivity contribution in [2.45, 2.75) is 42.9 Å². The Morgan fingerprint density at radius 2 is 1.48 bits per heavy atom. The molecule has 3 aromatic carbocycles. The molecule has 16 heteroatoms. The lowest BCUT2D eigenvalue weighted by Crippen LogP contribution is -2.46. The number of amides is 1. The van der Waals surface area contributed by atoms with Crippen LogP contribution in [0.5, 0.6) is 5.75 Å². The van der Waals surface area contributed by atoms with E-state index >= 15 is 0 Å². The lowest BCUT2D eigenvalue weighted by Gasteiger charge is -2.28. The molecule has 1 heterocycles. The zero-order valence-corrected chi connectivity index (χ0v) is 27.9. The lowest BCUT2D eigenvalue weighted by atomic mass is 10.0. The van der Waals surface area contributed by atoms with E-state index < -0.39 is 44.4 Å². The van der Waals surface area contributed by atoms with Crippen LogP contribution in [0, 0.1) is 18.3 Å². The van der Waals surface area contributed by atoms with Gasteiger partial charge in [-0.2, -0.15) is 26.9 Å². The third kappa shape index (κ3) is 8.47. The summed E-state index contributed by atoms with van der Waals surface area (Å²) in [5.41, 5.74) is -3.06. The van der Waals surface area contributed by atoms with Gasteiger partial charge in [-0.1, -0.05) is 17.7 Å². The van der Waals surface area contributed by atoms with Crippen LogP contribution in [0.3, 0.4) is 0 Å². The summed E-state index contributed by atoms with van der Waals surface area (Å²) in [5, 5.41) is 9.13. The van der Waals surface area contributed by atoms with E-state index in [9.17, 15) is 30.6 Å². The van der Waals surface area contributed by atoms with Crippen molar-refractivity contribution in [2.24, 2.45) is 0 Å². The van der Waals surface area contributed by atoms with Gasteiger partial charge in [-0.05, 0) is 75.4 Å². The number of aryl methyl sites for hydroxylation is 1. The van der Waals surface area contributed by atoms with Gasteiger partial charge in [-0.25, -0.2) is 4.90 Å². The number of carbonyl (C=O) groups excluding carboxylic acids is 1. The molecule has 256 valence electrons. The van der Waals surface area contributed by atoms with Gasteiger partial charge in [-0.15, -0.1) is 0 Å². The highest BCUT2D eigenvalue weighted by Crippen LogP contribution is 2.41. The number of carbonyl (C=O) groups is 1. The largest absolute Gasteiger partial charge is 0.511 e. The fourth-order valence-corrected chi connectivity index (χ4v) is 6.57. The van der Waals surface area contributed by atoms with E-state index in [-0.39, 0.29) is 61.9 Å². The molecule has 1 atom stereocenters. The van der Waals surface area contributed by atoms with Gasteiger partial charge in [-0.3, -0.25) is 13.9 Å². The maximum Gasteiger partial charge on any atom is 0.511 e. The minimum atomic E-state index is -4.83. The normalized spacial score (nSPS) is 16.2. The third-order valence-corrected chi connectivity index (χ3v) is 9.26. The van der Waals surface area contributed by atoms with Gasteiger partial charge in [0, 0.05) is 9.90 Å². The van der Waals surface area contributed by atoms with Crippen molar-refractivity contribution < 1.29 is 49.0 Å². The zero-order valence-electron chi connectivity index (χ0n) is 26.2. The summed E-state index contributed by atoms with van der Waals surface area (Å²) in [5.74, 6) is -0.117. The van der Waals surface area contributed by atoms with Crippen LogP contribution in [0.25, 0.3) is 0 Å². The number of hydrogen-bond donors (Lipinski definition) is 0. The first-order chi connectivity index (χ1) is 22.7. The smallest absolute Gasteiger partial charge is 0.491 e. The Balaban J connectivity index is 1.25. The fourth-order valence-electron chi connectivity index (χ4n) is 4.90. The molecule has 1 saturated heterocycles. The minimum Gasteiger partial charge on any atom is -0.491 e. The molecule has 1 amide bonds. The zero-order chi connectivity index (χ0) is 35.1. The molecule has 1 aliphatic heterocycles. The molecular formula is C32H33F3N3O8S2+. The van der Waals surface area contributed by atoms with E-state index in [1.54, 1.807) is 50.2 Å². The average molecular weight is 709 g/mol. The summed E-state index contributed by atoms with van der Waals surface area (Å²) in [6, 6.07) is 17.3. The van der Waals surface area contributed by atoms with Crippen LogP contribution in [0.15, 0.2) is 71.6 Å². The van der Waals surface area contributed by atoms with E-state index in [2.05, 4.69) is 0 Å². The summed E-state index contributed by atoms with van der Waals surface area (Å²) in [6.07, 6.45) is -4.83. The molecule has 0 spiro atoms. The predicted molar refractivity (Wildman–Crippen MR) is 170 cm³/mol. The maximum absolute atomic E-state index is 13.6. The van der Waals surface area contributed by atoms with Gasteiger partial charge >= 0.3 is 23.3 Å². The topological polar surface area (TPSA) is 135 Å². The number of alkyl halides is 3. The second-order valence-electron chi connectivity index (χ2n) is 11.0.